The van der Waals surface area contributed by atoms with Crippen LogP contribution in [0.4, 0.5) is 0 Å². The van der Waals surface area contributed by atoms with E-state index in [0.717, 1.165) is 19.0 Å². The van der Waals surface area contributed by atoms with Crippen LogP contribution in [0.1, 0.15) is 74.7 Å². The lowest BCUT2D eigenvalue weighted by molar-refractivity contribution is -0.155. The molecule has 0 N–H and O–H groups in total. The number of Topliss-reactive ketones (excluding diaryl/α,β-unsaturated/α-hetero) is 1. The number of nitrogens with zero attached hydrogens (tertiary/aromatic N) is 3. The molecule has 0 bridgehead atoms. The summed E-state index contributed by atoms with van der Waals surface area (Å²) < 4.78 is 35.7. The number of carbonyl (C=O) groups excluding carboxylic acids is 4. The molecule has 0 saturated heterocycles. The lowest BCUT2D eigenvalue weighted by Crippen LogP contribution is -2.40. The van der Waals surface area contributed by atoms with Gasteiger partial charge in [0.15, 0.2) is 11.6 Å². The van der Waals surface area contributed by atoms with Crippen LogP contribution < -0.4 is 0 Å². The third kappa shape index (κ3) is 18.9. The van der Waals surface area contributed by atoms with Crippen molar-refractivity contribution in [2.75, 3.05) is 46.1 Å². The summed E-state index contributed by atoms with van der Waals surface area (Å²) in [6, 6.07) is 0. The van der Waals surface area contributed by atoms with Crippen molar-refractivity contribution in [2.45, 2.75) is 117 Å². The third-order valence-corrected chi connectivity index (χ3v) is 7.59. The molecule has 0 aliphatic rings. The van der Waals surface area contributed by atoms with Crippen LogP contribution in [0.3, 0.4) is 0 Å². The largest absolute Gasteiger partial charge is 0.460 e. The van der Waals surface area contributed by atoms with E-state index in [-0.39, 0.29) is 69.0 Å². The molecule has 0 fully saturated rings. The van der Waals surface area contributed by atoms with Gasteiger partial charge in [0.25, 0.3) is 0 Å². The van der Waals surface area contributed by atoms with Crippen molar-refractivity contribution in [1.29, 1.82) is 0 Å². The van der Waals surface area contributed by atoms with Crippen LogP contribution in [0, 0.1) is 0 Å². The topological polar surface area (TPSA) is 145 Å². The van der Waals surface area contributed by atoms with Gasteiger partial charge in [-0.25, -0.2) is 9.78 Å². The minimum absolute atomic E-state index is 0.0729. The number of aryl methyl sites for hydroxylation is 1. The van der Waals surface area contributed by atoms with Crippen LogP contribution in [0.5, 0.6) is 0 Å². The van der Waals surface area contributed by atoms with E-state index in [1.54, 1.807) is 54.1 Å². The maximum absolute atomic E-state index is 13.2. The fraction of sp³-hybridized carbons (Fsp3) is 0.694. The number of ketones is 2. The first-order chi connectivity index (χ1) is 23.0. The number of hydrogen-bond acceptors (Lipinski definition) is 12. The minimum atomic E-state index is -1.05. The molecule has 0 aliphatic heterocycles. The normalized spacial score (nSPS) is 14.5. The molecule has 0 spiro atoms. The quantitative estimate of drug-likeness (QED) is 0.0919. The van der Waals surface area contributed by atoms with E-state index >= 15 is 0 Å². The van der Waals surface area contributed by atoms with Crippen molar-refractivity contribution in [3.63, 3.8) is 0 Å². The van der Waals surface area contributed by atoms with Crippen LogP contribution in [0.2, 0.25) is 0 Å². The fourth-order valence-electron chi connectivity index (χ4n) is 4.38. The number of esters is 2. The van der Waals surface area contributed by atoms with E-state index in [1.165, 1.54) is 6.08 Å². The maximum Gasteiger partial charge on any atom is 0.330 e. The molecule has 1 aromatic rings. The Morgan fingerprint density at radius 3 is 1.90 bits per heavy atom. The highest BCUT2D eigenvalue weighted by atomic mass is 16.6. The predicted molar refractivity (Wildman–Crippen MR) is 185 cm³/mol. The zero-order chi connectivity index (χ0) is 37.0. The second kappa shape index (κ2) is 22.5. The van der Waals surface area contributed by atoms with E-state index in [2.05, 4.69) is 23.0 Å². The molecular formula is C36H59N3O10. The number of carbonyl (C=O) groups is 4. The van der Waals surface area contributed by atoms with Gasteiger partial charge in [-0.1, -0.05) is 13.2 Å². The molecular weight excluding hydrogens is 634 g/mol. The lowest BCUT2D eigenvalue weighted by Gasteiger charge is -2.28. The van der Waals surface area contributed by atoms with E-state index in [9.17, 15) is 19.2 Å². The first kappa shape index (κ1) is 43.8. The predicted octanol–water partition coefficient (Wildman–Crippen LogP) is 4.13. The number of aromatic nitrogens is 2. The van der Waals surface area contributed by atoms with E-state index in [1.807, 2.05) is 24.6 Å². The molecule has 0 amide bonds. The van der Waals surface area contributed by atoms with Crippen molar-refractivity contribution in [2.24, 2.45) is 0 Å². The van der Waals surface area contributed by atoms with Gasteiger partial charge >= 0.3 is 11.9 Å². The number of rotatable bonds is 28. The van der Waals surface area contributed by atoms with Gasteiger partial charge in [-0.2, -0.15) is 0 Å². The number of ether oxygens (including phenoxy) is 6. The first-order valence-electron chi connectivity index (χ1n) is 16.9. The van der Waals surface area contributed by atoms with Gasteiger partial charge in [0.1, 0.15) is 23.4 Å². The zero-order valence-electron chi connectivity index (χ0n) is 30.8. The highest BCUT2D eigenvalue weighted by Gasteiger charge is 2.30. The Bertz CT molecular complexity index is 1170. The summed E-state index contributed by atoms with van der Waals surface area (Å²) in [5.41, 5.74) is -2.04. The molecule has 49 heavy (non-hydrogen) atoms. The maximum atomic E-state index is 13.2. The van der Waals surface area contributed by atoms with Gasteiger partial charge in [0.2, 0.25) is 0 Å². The number of hydrogen-bond donors (Lipinski definition) is 0. The molecule has 4 unspecified atom stereocenters. The third-order valence-electron chi connectivity index (χ3n) is 7.59. The van der Waals surface area contributed by atoms with Gasteiger partial charge in [0, 0.05) is 44.5 Å². The van der Waals surface area contributed by atoms with Crippen molar-refractivity contribution in [1.82, 2.24) is 14.5 Å². The zero-order valence-corrected chi connectivity index (χ0v) is 30.8. The monoisotopic (exact) mass is 693 g/mol. The summed E-state index contributed by atoms with van der Waals surface area (Å²) >= 11 is 0. The van der Waals surface area contributed by atoms with Crippen molar-refractivity contribution in [3.05, 3.63) is 44.0 Å². The van der Waals surface area contributed by atoms with Gasteiger partial charge in [-0.3, -0.25) is 14.4 Å². The van der Waals surface area contributed by atoms with Crippen LogP contribution in [0.15, 0.2) is 44.0 Å². The Hall–Kier alpha value is -3.23. The summed E-state index contributed by atoms with van der Waals surface area (Å²) in [6.45, 7) is 23.8. The molecule has 4 atom stereocenters. The Balaban J connectivity index is 2.58. The molecule has 1 heterocycles. The van der Waals surface area contributed by atoms with Crippen molar-refractivity contribution in [3.8, 4) is 0 Å². The average molecular weight is 694 g/mol. The SMILES string of the molecule is C=CC(=O)OC(C)COC(C)COC(C)(C)C(=O)CCN(CCCn1ccnc1)CCC(=O)OC(C)COC(C)COC(C)(C)C(=O)C=C. The van der Waals surface area contributed by atoms with Gasteiger partial charge in [0.05, 0.1) is 51.4 Å². The Morgan fingerprint density at radius 1 is 0.776 bits per heavy atom. The molecule has 1 aromatic heterocycles. The van der Waals surface area contributed by atoms with E-state index in [4.69, 9.17) is 28.4 Å². The summed E-state index contributed by atoms with van der Waals surface area (Å²) in [6.07, 6.45) is 7.31. The van der Waals surface area contributed by atoms with Crippen LogP contribution >= 0.6 is 0 Å². The Morgan fingerprint density at radius 2 is 1.35 bits per heavy atom. The highest BCUT2D eigenvalue weighted by Crippen LogP contribution is 2.16. The van der Waals surface area contributed by atoms with Gasteiger partial charge in [-0.15, -0.1) is 0 Å². The smallest absolute Gasteiger partial charge is 0.330 e. The summed E-state index contributed by atoms with van der Waals surface area (Å²) in [5, 5.41) is 0. The van der Waals surface area contributed by atoms with Crippen molar-refractivity contribution < 1.29 is 47.6 Å². The summed E-state index contributed by atoms with van der Waals surface area (Å²) in [5.74, 6) is -1.17. The molecule has 0 saturated carbocycles. The average Bonchev–Trinajstić information content (AvgIpc) is 3.58. The van der Waals surface area contributed by atoms with Gasteiger partial charge in [-0.05, 0) is 74.4 Å². The molecule has 0 aliphatic carbocycles. The Labute approximate surface area is 292 Å². The second-order valence-corrected chi connectivity index (χ2v) is 13.2. The van der Waals surface area contributed by atoms with E-state index < -0.39 is 29.4 Å². The van der Waals surface area contributed by atoms with Crippen LogP contribution in [-0.2, 0) is 54.1 Å². The summed E-state index contributed by atoms with van der Waals surface area (Å²) in [4.78, 5) is 55.3. The van der Waals surface area contributed by atoms with E-state index in [0.29, 0.717) is 19.6 Å². The molecule has 278 valence electrons. The molecule has 13 heteroatoms. The summed E-state index contributed by atoms with van der Waals surface area (Å²) in [7, 11) is 0. The molecule has 0 aromatic carbocycles. The van der Waals surface area contributed by atoms with Gasteiger partial charge < -0.3 is 37.9 Å². The lowest BCUT2D eigenvalue weighted by atomic mass is 10.00. The highest BCUT2D eigenvalue weighted by molar-refractivity contribution is 5.95. The first-order valence-corrected chi connectivity index (χ1v) is 16.9. The molecule has 13 nitrogen and oxygen atoms in total. The minimum Gasteiger partial charge on any atom is -0.460 e. The standard InChI is InChI=1S/C36H59N3O10/c1-11-31(40)35(7,8)46-24-27(3)45-23-30(6)49-34(43)15-20-38(17-13-18-39-21-16-37-26-39)19-14-32(41)36(9,10)47-25-28(4)44-22-29(5)48-33(42)12-2/h11-12,16,21,26-30H,1-2,13-15,17-20,22-25H2,3-10H3. The number of imidazole rings is 1. The van der Waals surface area contributed by atoms with Crippen molar-refractivity contribution >= 4 is 23.5 Å². The molecule has 1 rings (SSSR count). The fourth-order valence-corrected chi connectivity index (χ4v) is 4.38. The Kier molecular flexibility index (Phi) is 20.1. The second-order valence-electron chi connectivity index (χ2n) is 13.2. The van der Waals surface area contributed by atoms with Crippen LogP contribution in [-0.4, -0.2) is 120 Å². The molecule has 0 radical (unpaired) electrons. The van der Waals surface area contributed by atoms with Crippen LogP contribution in [0.25, 0.3) is 0 Å².